The standard InChI is InChI=1S/C15H18FN5O2/c16-14-3-1-2-13(8-14)10-18-4-6-19(7-5-18)12-20-11-15(9-17-20)21(22)23/h1-3,8-9,11H,4-7,10,12H2. The maximum Gasteiger partial charge on any atom is 0.307 e. The third-order valence-corrected chi connectivity index (χ3v) is 3.94. The highest BCUT2D eigenvalue weighted by Crippen LogP contribution is 2.12. The van der Waals surface area contributed by atoms with E-state index >= 15 is 0 Å². The number of halogens is 1. The predicted molar refractivity (Wildman–Crippen MR) is 82.1 cm³/mol. The fraction of sp³-hybridized carbons (Fsp3) is 0.400. The van der Waals surface area contributed by atoms with Crippen LogP contribution in [0.1, 0.15) is 5.56 Å². The summed E-state index contributed by atoms with van der Waals surface area (Å²) in [5.74, 6) is -0.207. The molecule has 1 saturated heterocycles. The number of aromatic nitrogens is 2. The average molecular weight is 319 g/mol. The van der Waals surface area contributed by atoms with Crippen molar-refractivity contribution in [2.45, 2.75) is 13.2 Å². The summed E-state index contributed by atoms with van der Waals surface area (Å²) in [7, 11) is 0. The third kappa shape index (κ3) is 4.11. The molecular weight excluding hydrogens is 301 g/mol. The van der Waals surface area contributed by atoms with Gasteiger partial charge in [0, 0.05) is 32.7 Å². The van der Waals surface area contributed by atoms with Crippen molar-refractivity contribution in [1.29, 1.82) is 0 Å². The Hall–Kier alpha value is -2.32. The Balaban J connectivity index is 1.49. The molecule has 1 aliphatic heterocycles. The number of hydrogen-bond donors (Lipinski definition) is 0. The minimum Gasteiger partial charge on any atom is -0.297 e. The molecular formula is C15H18FN5O2. The van der Waals surface area contributed by atoms with E-state index in [-0.39, 0.29) is 11.5 Å². The fourth-order valence-corrected chi connectivity index (χ4v) is 2.71. The van der Waals surface area contributed by atoms with E-state index in [1.807, 2.05) is 6.07 Å². The maximum absolute atomic E-state index is 13.2. The number of benzene rings is 1. The molecule has 0 atom stereocenters. The quantitative estimate of drug-likeness (QED) is 0.620. The van der Waals surface area contributed by atoms with Gasteiger partial charge in [0.05, 0.1) is 11.6 Å². The molecule has 1 aromatic heterocycles. The van der Waals surface area contributed by atoms with E-state index in [0.717, 1.165) is 38.3 Å². The molecule has 2 aromatic rings. The van der Waals surface area contributed by atoms with Crippen molar-refractivity contribution < 1.29 is 9.31 Å². The topological polar surface area (TPSA) is 67.4 Å². The predicted octanol–water partition coefficient (Wildman–Crippen LogP) is 1.71. The van der Waals surface area contributed by atoms with Crippen LogP contribution in [-0.2, 0) is 13.2 Å². The zero-order valence-electron chi connectivity index (χ0n) is 12.6. The molecule has 0 unspecified atom stereocenters. The molecule has 3 rings (SSSR count). The normalized spacial score (nSPS) is 16.6. The van der Waals surface area contributed by atoms with Gasteiger partial charge in [-0.05, 0) is 17.7 Å². The van der Waals surface area contributed by atoms with Gasteiger partial charge < -0.3 is 0 Å². The molecule has 23 heavy (non-hydrogen) atoms. The maximum atomic E-state index is 13.2. The van der Waals surface area contributed by atoms with Crippen molar-refractivity contribution in [3.8, 4) is 0 Å². The summed E-state index contributed by atoms with van der Waals surface area (Å²) in [6.45, 7) is 4.73. The van der Waals surface area contributed by atoms with Crippen LogP contribution in [0.2, 0.25) is 0 Å². The highest BCUT2D eigenvalue weighted by atomic mass is 19.1. The second kappa shape index (κ2) is 6.84. The molecule has 0 amide bonds. The molecule has 122 valence electrons. The van der Waals surface area contributed by atoms with E-state index in [1.165, 1.54) is 18.5 Å². The van der Waals surface area contributed by atoms with Crippen LogP contribution in [0.15, 0.2) is 36.7 Å². The molecule has 0 radical (unpaired) electrons. The van der Waals surface area contributed by atoms with Gasteiger partial charge in [0.25, 0.3) is 0 Å². The molecule has 1 aliphatic rings. The summed E-state index contributed by atoms with van der Waals surface area (Å²) in [6.07, 6.45) is 2.71. The third-order valence-electron chi connectivity index (χ3n) is 3.94. The Bertz CT molecular complexity index is 682. The summed E-state index contributed by atoms with van der Waals surface area (Å²) in [6, 6.07) is 6.67. The van der Waals surface area contributed by atoms with E-state index in [2.05, 4.69) is 14.9 Å². The molecule has 8 heteroatoms. The minimum atomic E-state index is -0.444. The first-order valence-corrected chi connectivity index (χ1v) is 7.46. The fourth-order valence-electron chi connectivity index (χ4n) is 2.71. The Kier molecular flexibility index (Phi) is 4.63. The lowest BCUT2D eigenvalue weighted by molar-refractivity contribution is -0.385. The Labute approximate surface area is 133 Å². The van der Waals surface area contributed by atoms with Crippen molar-refractivity contribution in [2.75, 3.05) is 26.2 Å². The molecule has 0 aliphatic carbocycles. The van der Waals surface area contributed by atoms with Crippen LogP contribution in [0.25, 0.3) is 0 Å². The number of rotatable bonds is 5. The Morgan fingerprint density at radius 2 is 1.96 bits per heavy atom. The van der Waals surface area contributed by atoms with Crippen LogP contribution in [0.5, 0.6) is 0 Å². The van der Waals surface area contributed by atoms with Crippen LogP contribution in [0.4, 0.5) is 10.1 Å². The van der Waals surface area contributed by atoms with E-state index in [9.17, 15) is 14.5 Å². The summed E-state index contributed by atoms with van der Waals surface area (Å²) in [4.78, 5) is 14.7. The van der Waals surface area contributed by atoms with Gasteiger partial charge in [-0.15, -0.1) is 0 Å². The Morgan fingerprint density at radius 3 is 2.61 bits per heavy atom. The van der Waals surface area contributed by atoms with Gasteiger partial charge in [0.1, 0.15) is 18.2 Å². The van der Waals surface area contributed by atoms with Crippen molar-refractivity contribution in [2.24, 2.45) is 0 Å². The molecule has 0 N–H and O–H groups in total. The monoisotopic (exact) mass is 319 g/mol. The first-order chi connectivity index (χ1) is 11.1. The van der Waals surface area contributed by atoms with Crippen molar-refractivity contribution >= 4 is 5.69 Å². The van der Waals surface area contributed by atoms with Crippen LogP contribution >= 0.6 is 0 Å². The van der Waals surface area contributed by atoms with E-state index in [4.69, 9.17) is 0 Å². The van der Waals surface area contributed by atoms with Gasteiger partial charge in [0.15, 0.2) is 0 Å². The van der Waals surface area contributed by atoms with Crippen molar-refractivity contribution in [1.82, 2.24) is 19.6 Å². The lowest BCUT2D eigenvalue weighted by Crippen LogP contribution is -2.46. The lowest BCUT2D eigenvalue weighted by Gasteiger charge is -2.34. The van der Waals surface area contributed by atoms with E-state index < -0.39 is 4.92 Å². The number of nitro groups is 1. The van der Waals surface area contributed by atoms with Gasteiger partial charge in [0.2, 0.25) is 0 Å². The number of nitrogens with zero attached hydrogens (tertiary/aromatic N) is 5. The highest BCUT2D eigenvalue weighted by Gasteiger charge is 2.18. The van der Waals surface area contributed by atoms with Gasteiger partial charge >= 0.3 is 5.69 Å². The van der Waals surface area contributed by atoms with Gasteiger partial charge in [-0.25, -0.2) is 4.39 Å². The first-order valence-electron chi connectivity index (χ1n) is 7.46. The second-order valence-electron chi connectivity index (χ2n) is 5.66. The first kappa shape index (κ1) is 15.6. The van der Waals surface area contributed by atoms with Crippen LogP contribution in [0.3, 0.4) is 0 Å². The Morgan fingerprint density at radius 1 is 1.22 bits per heavy atom. The number of hydrogen-bond acceptors (Lipinski definition) is 5. The molecule has 1 fully saturated rings. The average Bonchev–Trinajstić information content (AvgIpc) is 2.98. The smallest absolute Gasteiger partial charge is 0.297 e. The van der Waals surface area contributed by atoms with E-state index in [1.54, 1.807) is 16.8 Å². The van der Waals surface area contributed by atoms with Crippen molar-refractivity contribution in [3.05, 3.63) is 58.2 Å². The second-order valence-corrected chi connectivity index (χ2v) is 5.66. The van der Waals surface area contributed by atoms with Crippen LogP contribution < -0.4 is 0 Å². The van der Waals surface area contributed by atoms with Crippen LogP contribution in [0, 0.1) is 15.9 Å². The SMILES string of the molecule is O=[N+]([O-])c1cnn(CN2CCN(Cc3cccc(F)c3)CC2)c1. The van der Waals surface area contributed by atoms with Crippen LogP contribution in [-0.4, -0.2) is 50.7 Å². The molecule has 1 aromatic carbocycles. The molecule has 0 spiro atoms. The zero-order valence-corrected chi connectivity index (χ0v) is 12.6. The van der Waals surface area contributed by atoms with Gasteiger partial charge in [-0.2, -0.15) is 5.10 Å². The van der Waals surface area contributed by atoms with E-state index in [0.29, 0.717) is 6.67 Å². The summed E-state index contributed by atoms with van der Waals surface area (Å²) >= 11 is 0. The lowest BCUT2D eigenvalue weighted by atomic mass is 10.2. The van der Waals surface area contributed by atoms with Crippen molar-refractivity contribution in [3.63, 3.8) is 0 Å². The molecule has 7 nitrogen and oxygen atoms in total. The zero-order chi connectivity index (χ0) is 16.2. The van der Waals surface area contributed by atoms with Gasteiger partial charge in [-0.3, -0.25) is 24.6 Å². The number of piperazine rings is 1. The highest BCUT2D eigenvalue weighted by molar-refractivity contribution is 5.20. The summed E-state index contributed by atoms with van der Waals surface area (Å²) in [5, 5.41) is 14.7. The largest absolute Gasteiger partial charge is 0.307 e. The summed E-state index contributed by atoms with van der Waals surface area (Å²) in [5.41, 5.74) is 0.982. The molecule has 0 bridgehead atoms. The summed E-state index contributed by atoms with van der Waals surface area (Å²) < 4.78 is 14.8. The molecule has 2 heterocycles. The van der Waals surface area contributed by atoms with Gasteiger partial charge in [-0.1, -0.05) is 12.1 Å². The minimum absolute atomic E-state index is 0.00902. The molecule has 0 saturated carbocycles.